The van der Waals surface area contributed by atoms with Crippen LogP contribution in [0.2, 0.25) is 0 Å². The van der Waals surface area contributed by atoms with Crippen molar-refractivity contribution in [2.24, 2.45) is 0 Å². The van der Waals surface area contributed by atoms with E-state index >= 15 is 0 Å². The quantitative estimate of drug-likeness (QED) is 0.872. The van der Waals surface area contributed by atoms with Crippen LogP contribution in [0, 0.1) is 0 Å². The number of fused-ring (bicyclic) bond motifs is 1. The van der Waals surface area contributed by atoms with Crippen LogP contribution < -0.4 is 5.32 Å². The Balaban J connectivity index is 1.33. The number of aromatic nitrogens is 4. The lowest BCUT2D eigenvalue weighted by atomic mass is 9.96. The Hall–Kier alpha value is -2.48. The van der Waals surface area contributed by atoms with Crippen LogP contribution in [0.15, 0.2) is 24.5 Å². The Bertz CT molecular complexity index is 757. The summed E-state index contributed by atoms with van der Waals surface area (Å²) in [6.07, 6.45) is 9.41. The number of urea groups is 1. The van der Waals surface area contributed by atoms with E-state index in [1.807, 2.05) is 21.7 Å². The zero-order chi connectivity index (χ0) is 18.5. The van der Waals surface area contributed by atoms with Crippen molar-refractivity contribution in [3.05, 3.63) is 41.5 Å². The van der Waals surface area contributed by atoms with Gasteiger partial charge in [-0.15, -0.1) is 5.10 Å². The van der Waals surface area contributed by atoms with Gasteiger partial charge in [0.15, 0.2) is 0 Å². The Morgan fingerprint density at radius 3 is 2.93 bits per heavy atom. The lowest BCUT2D eigenvalue weighted by Crippen LogP contribution is -2.48. The molecule has 1 aliphatic heterocycles. The van der Waals surface area contributed by atoms with Crippen molar-refractivity contribution < 1.29 is 9.53 Å². The number of carbonyl (C=O) groups is 1. The third kappa shape index (κ3) is 4.44. The molecule has 0 radical (unpaired) electrons. The first-order valence-corrected chi connectivity index (χ1v) is 9.73. The van der Waals surface area contributed by atoms with Gasteiger partial charge in [-0.1, -0.05) is 30.5 Å². The SMILES string of the molecule is O=C(NC1CCCCC1)N1CCn2nnc(COCc3cccnc3)c2C1. The minimum absolute atomic E-state index is 0.0246. The Morgan fingerprint density at radius 1 is 1.22 bits per heavy atom. The zero-order valence-corrected chi connectivity index (χ0v) is 15.5. The van der Waals surface area contributed by atoms with E-state index in [2.05, 4.69) is 20.6 Å². The summed E-state index contributed by atoms with van der Waals surface area (Å²) in [6.45, 7) is 2.71. The fraction of sp³-hybridized carbons (Fsp3) is 0.579. The minimum atomic E-state index is 0.0246. The molecule has 4 rings (SSSR count). The number of hydrogen-bond donors (Lipinski definition) is 1. The van der Waals surface area contributed by atoms with Gasteiger partial charge in [0.25, 0.3) is 0 Å². The zero-order valence-electron chi connectivity index (χ0n) is 15.5. The molecule has 144 valence electrons. The third-order valence-corrected chi connectivity index (χ3v) is 5.29. The minimum Gasteiger partial charge on any atom is -0.370 e. The second kappa shape index (κ2) is 8.47. The van der Waals surface area contributed by atoms with Gasteiger partial charge in [-0.2, -0.15) is 0 Å². The third-order valence-electron chi connectivity index (χ3n) is 5.29. The maximum atomic E-state index is 12.6. The molecule has 8 heteroatoms. The number of ether oxygens (including phenoxy) is 1. The van der Waals surface area contributed by atoms with E-state index in [4.69, 9.17) is 4.74 Å². The van der Waals surface area contributed by atoms with Crippen LogP contribution in [0.1, 0.15) is 49.1 Å². The van der Waals surface area contributed by atoms with E-state index in [-0.39, 0.29) is 6.03 Å². The predicted octanol–water partition coefficient (Wildman–Crippen LogP) is 2.25. The molecule has 2 aliphatic rings. The van der Waals surface area contributed by atoms with E-state index in [1.54, 1.807) is 12.4 Å². The summed E-state index contributed by atoms with van der Waals surface area (Å²) >= 11 is 0. The van der Waals surface area contributed by atoms with Crippen molar-refractivity contribution in [1.82, 2.24) is 30.2 Å². The molecule has 8 nitrogen and oxygen atoms in total. The highest BCUT2D eigenvalue weighted by Gasteiger charge is 2.26. The molecule has 2 aromatic rings. The molecule has 1 aliphatic carbocycles. The monoisotopic (exact) mass is 370 g/mol. The molecule has 27 heavy (non-hydrogen) atoms. The molecule has 2 aromatic heterocycles. The first-order chi connectivity index (χ1) is 13.3. The van der Waals surface area contributed by atoms with Crippen LogP contribution in [-0.4, -0.2) is 43.5 Å². The molecule has 0 saturated heterocycles. The van der Waals surface area contributed by atoms with Gasteiger partial charge in [0.1, 0.15) is 5.69 Å². The average molecular weight is 370 g/mol. The van der Waals surface area contributed by atoms with Gasteiger partial charge in [-0.3, -0.25) is 4.98 Å². The largest absolute Gasteiger partial charge is 0.370 e. The second-order valence-electron chi connectivity index (χ2n) is 7.27. The molecule has 0 bridgehead atoms. The molecule has 1 N–H and O–H groups in total. The fourth-order valence-electron chi connectivity index (χ4n) is 3.74. The summed E-state index contributed by atoms with van der Waals surface area (Å²) in [5, 5.41) is 11.7. The fourth-order valence-corrected chi connectivity index (χ4v) is 3.74. The van der Waals surface area contributed by atoms with Crippen LogP contribution in [0.5, 0.6) is 0 Å². The summed E-state index contributed by atoms with van der Waals surface area (Å²) in [6, 6.07) is 4.21. The van der Waals surface area contributed by atoms with Gasteiger partial charge in [-0.05, 0) is 24.5 Å². The van der Waals surface area contributed by atoms with Crippen LogP contribution in [-0.2, 0) is 31.0 Å². The van der Waals surface area contributed by atoms with Crippen LogP contribution in [0.4, 0.5) is 4.79 Å². The smallest absolute Gasteiger partial charge is 0.318 e. The normalized spacial score (nSPS) is 17.6. The highest BCUT2D eigenvalue weighted by molar-refractivity contribution is 5.74. The number of nitrogens with one attached hydrogen (secondary N) is 1. The van der Waals surface area contributed by atoms with E-state index in [0.29, 0.717) is 38.9 Å². The Kier molecular flexibility index (Phi) is 5.62. The summed E-state index contributed by atoms with van der Waals surface area (Å²) < 4.78 is 7.65. The van der Waals surface area contributed by atoms with Gasteiger partial charge in [0, 0.05) is 25.0 Å². The topological polar surface area (TPSA) is 85.2 Å². The number of carbonyl (C=O) groups excluding carboxylic acids is 1. The van der Waals surface area contributed by atoms with Crippen molar-refractivity contribution in [3.63, 3.8) is 0 Å². The van der Waals surface area contributed by atoms with Crippen LogP contribution in [0.3, 0.4) is 0 Å². The van der Waals surface area contributed by atoms with Gasteiger partial charge < -0.3 is 15.0 Å². The van der Waals surface area contributed by atoms with Crippen LogP contribution >= 0.6 is 0 Å². The van der Waals surface area contributed by atoms with E-state index in [0.717, 1.165) is 29.8 Å². The van der Waals surface area contributed by atoms with E-state index in [1.165, 1.54) is 19.3 Å². The molecule has 0 atom stereocenters. The predicted molar refractivity (Wildman–Crippen MR) is 98.6 cm³/mol. The summed E-state index contributed by atoms with van der Waals surface area (Å²) in [5.74, 6) is 0. The molecule has 0 aromatic carbocycles. The van der Waals surface area contributed by atoms with Crippen molar-refractivity contribution in [1.29, 1.82) is 0 Å². The molecule has 0 unspecified atom stereocenters. The lowest BCUT2D eigenvalue weighted by molar-refractivity contribution is 0.102. The number of amides is 2. The lowest BCUT2D eigenvalue weighted by Gasteiger charge is -2.31. The van der Waals surface area contributed by atoms with E-state index < -0.39 is 0 Å². The maximum Gasteiger partial charge on any atom is 0.318 e. The molecule has 1 saturated carbocycles. The van der Waals surface area contributed by atoms with Crippen LogP contribution in [0.25, 0.3) is 0 Å². The standard InChI is InChI=1S/C19H26N6O2/c26-19(21-16-6-2-1-3-7-16)24-9-10-25-18(12-24)17(22-23-25)14-27-13-15-5-4-8-20-11-15/h4-5,8,11,16H,1-3,6-7,9-10,12-14H2,(H,21,26). The highest BCUT2D eigenvalue weighted by Crippen LogP contribution is 2.19. The average Bonchev–Trinajstić information content (AvgIpc) is 3.12. The van der Waals surface area contributed by atoms with Crippen molar-refractivity contribution in [3.8, 4) is 0 Å². The molecule has 3 heterocycles. The number of nitrogens with zero attached hydrogens (tertiary/aromatic N) is 5. The molecule has 1 fully saturated rings. The highest BCUT2D eigenvalue weighted by atomic mass is 16.5. The van der Waals surface area contributed by atoms with Crippen molar-refractivity contribution in [2.75, 3.05) is 6.54 Å². The van der Waals surface area contributed by atoms with Gasteiger partial charge >= 0.3 is 6.03 Å². The first kappa shape index (κ1) is 17.9. The first-order valence-electron chi connectivity index (χ1n) is 9.73. The number of pyridine rings is 1. The number of rotatable bonds is 5. The van der Waals surface area contributed by atoms with Crippen molar-refractivity contribution >= 4 is 6.03 Å². The van der Waals surface area contributed by atoms with Crippen molar-refractivity contribution in [2.45, 2.75) is 64.4 Å². The second-order valence-corrected chi connectivity index (χ2v) is 7.27. The molecule has 2 amide bonds. The summed E-state index contributed by atoms with van der Waals surface area (Å²) in [5.41, 5.74) is 2.78. The molecule has 0 spiro atoms. The van der Waals surface area contributed by atoms with E-state index in [9.17, 15) is 4.79 Å². The number of hydrogen-bond acceptors (Lipinski definition) is 5. The van der Waals surface area contributed by atoms with Gasteiger partial charge in [-0.25, -0.2) is 9.48 Å². The van der Waals surface area contributed by atoms with Gasteiger partial charge in [0.2, 0.25) is 0 Å². The van der Waals surface area contributed by atoms with Gasteiger partial charge in [0.05, 0.1) is 32.0 Å². The Labute approximate surface area is 158 Å². The molecular formula is C19H26N6O2. The summed E-state index contributed by atoms with van der Waals surface area (Å²) in [4.78, 5) is 18.6. The summed E-state index contributed by atoms with van der Waals surface area (Å²) in [7, 11) is 0. The molecular weight excluding hydrogens is 344 g/mol. The Morgan fingerprint density at radius 2 is 2.11 bits per heavy atom. The maximum absolute atomic E-state index is 12.6.